The van der Waals surface area contributed by atoms with Gasteiger partial charge in [-0.1, -0.05) is 24.6 Å². The van der Waals surface area contributed by atoms with Crippen LogP contribution in [0.1, 0.15) is 32.1 Å². The first kappa shape index (κ1) is 21.1. The van der Waals surface area contributed by atoms with E-state index < -0.39 is 18.6 Å². The Morgan fingerprint density at radius 1 is 1.17 bits per heavy atom. The Labute approximate surface area is 167 Å². The van der Waals surface area contributed by atoms with Gasteiger partial charge < -0.3 is 10.1 Å². The van der Waals surface area contributed by atoms with Gasteiger partial charge in [-0.15, -0.1) is 0 Å². The molecule has 156 valence electrons. The minimum absolute atomic E-state index is 0.000355. The van der Waals surface area contributed by atoms with E-state index in [4.69, 9.17) is 4.74 Å². The monoisotopic (exact) mass is 407 g/mol. The fraction of sp³-hybridized carbons (Fsp3) is 0.429. The van der Waals surface area contributed by atoms with E-state index in [9.17, 15) is 18.0 Å². The molecule has 1 aromatic heterocycles. The molecule has 1 saturated heterocycles. The van der Waals surface area contributed by atoms with Crippen molar-refractivity contribution in [1.29, 1.82) is 0 Å². The van der Waals surface area contributed by atoms with Crippen LogP contribution in [0.3, 0.4) is 0 Å². The van der Waals surface area contributed by atoms with E-state index in [0.29, 0.717) is 30.3 Å². The number of benzene rings is 1. The highest BCUT2D eigenvalue weighted by atomic mass is 19.4. The van der Waals surface area contributed by atoms with Gasteiger partial charge in [-0.25, -0.2) is 4.98 Å². The number of hydrogen-bond donors (Lipinski definition) is 1. The molecule has 0 saturated carbocycles. The number of ether oxygens (including phenoxy) is 1. The topological polar surface area (TPSA) is 54.5 Å². The van der Waals surface area contributed by atoms with Crippen molar-refractivity contribution < 1.29 is 22.7 Å². The van der Waals surface area contributed by atoms with Gasteiger partial charge in [0.2, 0.25) is 11.8 Å². The molecule has 0 aliphatic carbocycles. The number of piperidine rings is 1. The van der Waals surface area contributed by atoms with Crippen LogP contribution in [0.25, 0.3) is 0 Å². The second kappa shape index (κ2) is 9.73. The number of nitrogens with one attached hydrogen (secondary N) is 1. The van der Waals surface area contributed by atoms with Crippen LogP contribution in [-0.2, 0) is 4.79 Å². The van der Waals surface area contributed by atoms with E-state index in [0.717, 1.165) is 12.8 Å². The SMILES string of the molecule is O=C(Nc1ccc(Oc2ccccc2)nc1)C1CCCCN1CCCC(F)(F)F. The number of hydrogen-bond acceptors (Lipinski definition) is 4. The number of para-hydroxylation sites is 1. The smallest absolute Gasteiger partial charge is 0.389 e. The number of anilines is 1. The molecule has 2 aromatic rings. The molecule has 2 heterocycles. The molecule has 1 atom stereocenters. The Morgan fingerprint density at radius 3 is 2.66 bits per heavy atom. The molecule has 29 heavy (non-hydrogen) atoms. The second-order valence-corrected chi connectivity index (χ2v) is 7.06. The first-order valence-electron chi connectivity index (χ1n) is 9.71. The first-order valence-corrected chi connectivity index (χ1v) is 9.71. The summed E-state index contributed by atoms with van der Waals surface area (Å²) in [5.74, 6) is 0.851. The number of nitrogens with zero attached hydrogens (tertiary/aromatic N) is 2. The summed E-state index contributed by atoms with van der Waals surface area (Å²) in [7, 11) is 0. The summed E-state index contributed by atoms with van der Waals surface area (Å²) in [6, 6.07) is 12.2. The Hall–Kier alpha value is -2.61. The maximum absolute atomic E-state index is 12.7. The van der Waals surface area contributed by atoms with Crippen LogP contribution < -0.4 is 10.1 Å². The van der Waals surface area contributed by atoms with E-state index in [1.807, 2.05) is 35.2 Å². The third-order valence-electron chi connectivity index (χ3n) is 4.79. The van der Waals surface area contributed by atoms with E-state index in [-0.39, 0.29) is 18.9 Å². The summed E-state index contributed by atoms with van der Waals surface area (Å²) in [4.78, 5) is 18.7. The van der Waals surface area contributed by atoms with Crippen LogP contribution in [0, 0.1) is 0 Å². The first-order chi connectivity index (χ1) is 13.9. The van der Waals surface area contributed by atoms with Crippen molar-refractivity contribution >= 4 is 11.6 Å². The third kappa shape index (κ3) is 6.74. The van der Waals surface area contributed by atoms with Gasteiger partial charge in [0.15, 0.2) is 0 Å². The lowest BCUT2D eigenvalue weighted by Crippen LogP contribution is -2.47. The van der Waals surface area contributed by atoms with E-state index in [1.54, 1.807) is 12.1 Å². The van der Waals surface area contributed by atoms with Crippen LogP contribution in [-0.4, -0.2) is 41.1 Å². The van der Waals surface area contributed by atoms with Crippen molar-refractivity contribution in [3.63, 3.8) is 0 Å². The zero-order chi connectivity index (χ0) is 20.7. The molecule has 5 nitrogen and oxygen atoms in total. The summed E-state index contributed by atoms with van der Waals surface area (Å²) < 4.78 is 42.8. The second-order valence-electron chi connectivity index (χ2n) is 7.06. The van der Waals surface area contributed by atoms with Crippen LogP contribution in [0.4, 0.5) is 18.9 Å². The normalized spacial score (nSPS) is 17.7. The highest BCUT2D eigenvalue weighted by Crippen LogP contribution is 2.25. The van der Waals surface area contributed by atoms with Crippen LogP contribution in [0.15, 0.2) is 48.7 Å². The molecule has 1 aliphatic rings. The fourth-order valence-corrected chi connectivity index (χ4v) is 3.39. The predicted molar refractivity (Wildman–Crippen MR) is 104 cm³/mol. The molecule has 1 unspecified atom stereocenters. The predicted octanol–water partition coefficient (Wildman–Crippen LogP) is 5.01. The standard InChI is InChI=1S/C21H24F3N3O2/c22-21(23,24)12-6-14-27-13-5-4-9-18(27)20(28)26-16-10-11-19(25-15-16)29-17-7-2-1-3-8-17/h1-3,7-8,10-11,15,18H,4-6,9,12-14H2,(H,26,28). The van der Waals surface area contributed by atoms with E-state index in [1.165, 1.54) is 6.20 Å². The van der Waals surface area contributed by atoms with Crippen LogP contribution in [0.2, 0.25) is 0 Å². The molecule has 8 heteroatoms. The van der Waals surface area contributed by atoms with Gasteiger partial charge in [0.1, 0.15) is 5.75 Å². The van der Waals surface area contributed by atoms with Crippen molar-refractivity contribution in [1.82, 2.24) is 9.88 Å². The van der Waals surface area contributed by atoms with Crippen molar-refractivity contribution in [2.24, 2.45) is 0 Å². The van der Waals surface area contributed by atoms with Gasteiger partial charge in [-0.2, -0.15) is 13.2 Å². The molecule has 1 N–H and O–H groups in total. The molecule has 3 rings (SSSR count). The van der Waals surface area contributed by atoms with E-state index in [2.05, 4.69) is 10.3 Å². The highest BCUT2D eigenvalue weighted by Gasteiger charge is 2.31. The molecule has 1 amide bonds. The average molecular weight is 407 g/mol. The largest absolute Gasteiger partial charge is 0.439 e. The van der Waals surface area contributed by atoms with Crippen molar-refractivity contribution in [3.05, 3.63) is 48.7 Å². The summed E-state index contributed by atoms with van der Waals surface area (Å²) >= 11 is 0. The Balaban J connectivity index is 1.54. The van der Waals surface area contributed by atoms with Crippen LogP contribution >= 0.6 is 0 Å². The lowest BCUT2D eigenvalue weighted by atomic mass is 10.0. The number of alkyl halides is 3. The number of likely N-dealkylation sites (tertiary alicyclic amines) is 1. The zero-order valence-corrected chi connectivity index (χ0v) is 16.0. The zero-order valence-electron chi connectivity index (χ0n) is 16.0. The van der Waals surface area contributed by atoms with Crippen molar-refractivity contribution in [2.75, 3.05) is 18.4 Å². The molecule has 0 radical (unpaired) electrons. The number of pyridine rings is 1. The lowest BCUT2D eigenvalue weighted by Gasteiger charge is -2.34. The molecule has 1 aliphatic heterocycles. The molecule has 1 aromatic carbocycles. The molecular formula is C21H24F3N3O2. The highest BCUT2D eigenvalue weighted by molar-refractivity contribution is 5.94. The van der Waals surface area contributed by atoms with Gasteiger partial charge in [-0.05, 0) is 50.6 Å². The van der Waals surface area contributed by atoms with Crippen molar-refractivity contribution in [2.45, 2.75) is 44.3 Å². The third-order valence-corrected chi connectivity index (χ3v) is 4.79. The van der Waals surface area contributed by atoms with Gasteiger partial charge in [0, 0.05) is 12.5 Å². The fourth-order valence-electron chi connectivity index (χ4n) is 3.39. The summed E-state index contributed by atoms with van der Waals surface area (Å²) in [6.45, 7) is 0.901. The number of halogens is 3. The molecule has 0 bridgehead atoms. The Morgan fingerprint density at radius 2 is 1.97 bits per heavy atom. The molecule has 0 spiro atoms. The maximum Gasteiger partial charge on any atom is 0.389 e. The van der Waals surface area contributed by atoms with Gasteiger partial charge >= 0.3 is 6.18 Å². The average Bonchev–Trinajstić information content (AvgIpc) is 2.70. The summed E-state index contributed by atoms with van der Waals surface area (Å²) in [5, 5.41) is 2.82. The summed E-state index contributed by atoms with van der Waals surface area (Å²) in [6.07, 6.45) is -1.07. The number of carbonyl (C=O) groups is 1. The van der Waals surface area contributed by atoms with Crippen molar-refractivity contribution in [3.8, 4) is 11.6 Å². The van der Waals surface area contributed by atoms with Crippen LogP contribution in [0.5, 0.6) is 11.6 Å². The molecular weight excluding hydrogens is 383 g/mol. The lowest BCUT2D eigenvalue weighted by molar-refractivity contribution is -0.137. The minimum Gasteiger partial charge on any atom is -0.439 e. The summed E-state index contributed by atoms with van der Waals surface area (Å²) in [5.41, 5.74) is 0.524. The van der Waals surface area contributed by atoms with Gasteiger partial charge in [-0.3, -0.25) is 9.69 Å². The molecule has 1 fully saturated rings. The Bertz CT molecular complexity index is 782. The Kier molecular flexibility index (Phi) is 7.09. The van der Waals surface area contributed by atoms with Gasteiger partial charge in [0.05, 0.1) is 17.9 Å². The quantitative estimate of drug-likeness (QED) is 0.701. The van der Waals surface area contributed by atoms with Gasteiger partial charge in [0.25, 0.3) is 0 Å². The number of carbonyl (C=O) groups excluding carboxylic acids is 1. The van der Waals surface area contributed by atoms with E-state index >= 15 is 0 Å². The minimum atomic E-state index is -4.16. The number of amides is 1. The maximum atomic E-state index is 12.7. The number of aromatic nitrogens is 1. The number of rotatable bonds is 7.